The summed E-state index contributed by atoms with van der Waals surface area (Å²) in [6.45, 7) is 1.59. The summed E-state index contributed by atoms with van der Waals surface area (Å²) >= 11 is 6.32. The summed E-state index contributed by atoms with van der Waals surface area (Å²) < 4.78 is 0. The average molecular weight is 604 g/mol. The van der Waals surface area contributed by atoms with Crippen LogP contribution in [0.3, 0.4) is 0 Å². The maximum absolute atomic E-state index is 14.1. The molecule has 0 spiro atoms. The Bertz CT molecular complexity index is 1900. The first kappa shape index (κ1) is 27.9. The van der Waals surface area contributed by atoms with Gasteiger partial charge in [0.2, 0.25) is 11.8 Å². The second kappa shape index (κ2) is 10.4. The summed E-state index contributed by atoms with van der Waals surface area (Å²) in [6, 6.07) is 19.8. The zero-order valence-electron chi connectivity index (χ0n) is 23.6. The van der Waals surface area contributed by atoms with Gasteiger partial charge in [-0.25, -0.2) is 0 Å². The van der Waals surface area contributed by atoms with Crippen molar-refractivity contribution in [2.24, 2.45) is 17.8 Å². The van der Waals surface area contributed by atoms with Gasteiger partial charge < -0.3 is 5.11 Å². The van der Waals surface area contributed by atoms with Gasteiger partial charge in [0.05, 0.1) is 17.5 Å². The molecule has 7 nitrogen and oxygen atoms in total. The molecule has 1 fully saturated rings. The number of carbonyl (C=O) groups is 5. The fourth-order valence-electron chi connectivity index (χ4n) is 7.27. The summed E-state index contributed by atoms with van der Waals surface area (Å²) in [7, 11) is 0. The lowest BCUT2D eigenvalue weighted by Gasteiger charge is -2.42. The fraction of sp³-hybridized carbons (Fsp3) is 0.194. The lowest BCUT2D eigenvalue weighted by atomic mass is 9.59. The Morgan fingerprint density at radius 1 is 0.886 bits per heavy atom. The number of rotatable bonds is 4. The number of Topliss-reactive ketones (excluding diaryl/α,β-unsaturated/α-hetero) is 1. The van der Waals surface area contributed by atoms with E-state index in [1.807, 2.05) is 12.1 Å². The summed E-state index contributed by atoms with van der Waals surface area (Å²) in [4.78, 5) is 68.9. The van der Waals surface area contributed by atoms with Crippen molar-refractivity contribution in [3.05, 3.63) is 129 Å². The number of phenolic OH excluding ortho intramolecular Hbond substituents is 1. The van der Waals surface area contributed by atoms with Crippen LogP contribution >= 0.6 is 11.6 Å². The summed E-state index contributed by atoms with van der Waals surface area (Å²) in [5, 5.41) is 11.3. The topological polar surface area (TPSA) is 109 Å². The Morgan fingerprint density at radius 2 is 1.59 bits per heavy atom. The van der Waals surface area contributed by atoms with Crippen LogP contribution in [0.1, 0.15) is 47.2 Å². The van der Waals surface area contributed by atoms with E-state index in [1.165, 1.54) is 23.1 Å². The SMILES string of the molecule is CC1=CC(=O)C2=C(CC3C(=CCC4C(=O)N(c5ccc(C(=O)c6ccccc6)cc5)C(=O)C43)C2c2cc(Cl)ccc2O)C1=O. The number of halogens is 1. The summed E-state index contributed by atoms with van der Waals surface area (Å²) in [5.41, 5.74) is 3.33. The third-order valence-electron chi connectivity index (χ3n) is 9.29. The van der Waals surface area contributed by atoms with Gasteiger partial charge in [-0.15, -0.1) is 0 Å². The third-order valence-corrected chi connectivity index (χ3v) is 9.52. The van der Waals surface area contributed by atoms with E-state index in [-0.39, 0.29) is 47.4 Å². The number of amides is 2. The highest BCUT2D eigenvalue weighted by Crippen LogP contribution is 2.56. The number of benzene rings is 3. The number of nitrogens with zero attached hydrogens (tertiary/aromatic N) is 1. The van der Waals surface area contributed by atoms with Gasteiger partial charge in [0.1, 0.15) is 5.75 Å². The fourth-order valence-corrected chi connectivity index (χ4v) is 7.45. The summed E-state index contributed by atoms with van der Waals surface area (Å²) in [6.07, 6.45) is 3.60. The predicted molar refractivity (Wildman–Crippen MR) is 163 cm³/mol. The predicted octanol–water partition coefficient (Wildman–Crippen LogP) is 5.91. The number of fused-ring (bicyclic) bond motifs is 3. The molecule has 4 unspecified atom stereocenters. The van der Waals surface area contributed by atoms with Gasteiger partial charge >= 0.3 is 0 Å². The molecule has 1 N–H and O–H groups in total. The monoisotopic (exact) mass is 603 g/mol. The van der Waals surface area contributed by atoms with Crippen LogP contribution in [-0.2, 0) is 19.2 Å². The molecule has 3 aromatic carbocycles. The smallest absolute Gasteiger partial charge is 0.238 e. The molecule has 8 heteroatoms. The Balaban J connectivity index is 1.27. The number of hydrogen-bond acceptors (Lipinski definition) is 6. The van der Waals surface area contributed by atoms with Gasteiger partial charge in [-0.05, 0) is 74.2 Å². The molecule has 0 bridgehead atoms. The maximum Gasteiger partial charge on any atom is 0.238 e. The number of phenols is 1. The molecule has 3 aromatic rings. The van der Waals surface area contributed by atoms with E-state index >= 15 is 0 Å². The number of aromatic hydroxyl groups is 1. The Morgan fingerprint density at radius 3 is 2.32 bits per heavy atom. The Labute approximate surface area is 258 Å². The quantitative estimate of drug-likeness (QED) is 0.172. The van der Waals surface area contributed by atoms with Crippen LogP contribution in [0.5, 0.6) is 5.75 Å². The van der Waals surface area contributed by atoms with Crippen LogP contribution in [0.15, 0.2) is 107 Å². The summed E-state index contributed by atoms with van der Waals surface area (Å²) in [5.74, 6) is -4.33. The van der Waals surface area contributed by atoms with Gasteiger partial charge in [-0.3, -0.25) is 28.9 Å². The molecule has 0 aromatic heterocycles. The van der Waals surface area contributed by atoms with Gasteiger partial charge in [-0.1, -0.05) is 53.6 Å². The number of anilines is 1. The van der Waals surface area contributed by atoms with Crippen molar-refractivity contribution in [3.63, 3.8) is 0 Å². The number of allylic oxidation sites excluding steroid dienone is 6. The zero-order chi connectivity index (χ0) is 30.9. The van der Waals surface area contributed by atoms with Crippen molar-refractivity contribution < 1.29 is 29.1 Å². The molecule has 1 saturated heterocycles. The standard InChI is InChI=1S/C36H26ClNO6/c1-18-15-29(40)32-27(33(18)41)17-25-23(30(32)26-16-21(37)9-14-28(26)39)12-13-24-31(25)36(44)38(35(24)43)22-10-7-20(8-11-22)34(42)19-5-3-2-4-6-19/h2-12,14-16,24-25,30-31,39H,13,17H2,1H3. The minimum absolute atomic E-state index is 0.0814. The second-order valence-corrected chi connectivity index (χ2v) is 12.1. The van der Waals surface area contributed by atoms with Gasteiger partial charge in [0.25, 0.3) is 0 Å². The molecule has 218 valence electrons. The molecule has 3 aliphatic carbocycles. The highest BCUT2D eigenvalue weighted by atomic mass is 35.5. The van der Waals surface area contributed by atoms with E-state index in [0.29, 0.717) is 38.5 Å². The molecular formula is C36H26ClNO6. The van der Waals surface area contributed by atoms with Crippen LogP contribution in [0, 0.1) is 17.8 Å². The molecule has 1 heterocycles. The Kier molecular flexibility index (Phi) is 6.59. The van der Waals surface area contributed by atoms with Crippen molar-refractivity contribution in [1.82, 2.24) is 0 Å². The van der Waals surface area contributed by atoms with Crippen LogP contribution in [0.4, 0.5) is 5.69 Å². The molecular weight excluding hydrogens is 578 g/mol. The van der Waals surface area contributed by atoms with E-state index in [4.69, 9.17) is 11.6 Å². The van der Waals surface area contributed by atoms with Crippen LogP contribution < -0.4 is 4.90 Å². The average Bonchev–Trinajstić information content (AvgIpc) is 3.29. The minimum Gasteiger partial charge on any atom is -0.508 e. The van der Waals surface area contributed by atoms with Gasteiger partial charge in [-0.2, -0.15) is 0 Å². The molecule has 1 aliphatic heterocycles. The first-order valence-electron chi connectivity index (χ1n) is 14.4. The number of ketones is 3. The van der Waals surface area contributed by atoms with E-state index in [0.717, 1.165) is 5.57 Å². The van der Waals surface area contributed by atoms with Crippen molar-refractivity contribution in [2.75, 3.05) is 4.90 Å². The lowest BCUT2D eigenvalue weighted by Crippen LogP contribution is -2.39. The van der Waals surface area contributed by atoms with Crippen molar-refractivity contribution in [1.29, 1.82) is 0 Å². The van der Waals surface area contributed by atoms with E-state index in [2.05, 4.69) is 0 Å². The number of hydrogen-bond donors (Lipinski definition) is 1. The van der Waals surface area contributed by atoms with E-state index < -0.39 is 29.6 Å². The molecule has 2 amide bonds. The largest absolute Gasteiger partial charge is 0.508 e. The highest BCUT2D eigenvalue weighted by Gasteiger charge is 2.56. The van der Waals surface area contributed by atoms with Crippen molar-refractivity contribution in [3.8, 4) is 5.75 Å². The molecule has 7 rings (SSSR count). The normalized spacial score (nSPS) is 24.5. The number of carbonyl (C=O) groups excluding carboxylic acids is 5. The first-order chi connectivity index (χ1) is 21.2. The van der Waals surface area contributed by atoms with Gasteiger partial charge in [0.15, 0.2) is 17.3 Å². The van der Waals surface area contributed by atoms with Crippen LogP contribution in [-0.4, -0.2) is 34.3 Å². The molecule has 4 aliphatic rings. The van der Waals surface area contributed by atoms with Gasteiger partial charge in [0, 0.05) is 44.4 Å². The molecule has 4 atom stereocenters. The zero-order valence-corrected chi connectivity index (χ0v) is 24.4. The molecule has 0 saturated carbocycles. The molecule has 0 radical (unpaired) electrons. The van der Waals surface area contributed by atoms with Crippen molar-refractivity contribution >= 4 is 46.5 Å². The second-order valence-electron chi connectivity index (χ2n) is 11.7. The number of imide groups is 1. The van der Waals surface area contributed by atoms with Crippen molar-refractivity contribution in [2.45, 2.75) is 25.7 Å². The highest BCUT2D eigenvalue weighted by molar-refractivity contribution is 6.30. The lowest BCUT2D eigenvalue weighted by molar-refractivity contribution is -0.123. The molecule has 44 heavy (non-hydrogen) atoms. The van der Waals surface area contributed by atoms with Crippen LogP contribution in [0.2, 0.25) is 5.02 Å². The Hall–Kier alpha value is -4.88. The van der Waals surface area contributed by atoms with E-state index in [9.17, 15) is 29.1 Å². The van der Waals surface area contributed by atoms with E-state index in [1.54, 1.807) is 61.5 Å². The first-order valence-corrected chi connectivity index (χ1v) is 14.8. The third kappa shape index (κ3) is 4.22. The maximum atomic E-state index is 14.1. The van der Waals surface area contributed by atoms with Crippen LogP contribution in [0.25, 0.3) is 0 Å². The minimum atomic E-state index is -0.788.